The zero-order valence-electron chi connectivity index (χ0n) is 11.5. The number of hydrogen-bond donors (Lipinski definition) is 1. The number of carboxylic acids is 1. The van der Waals surface area contributed by atoms with Gasteiger partial charge in [-0.25, -0.2) is 0 Å². The first-order valence-corrected chi connectivity index (χ1v) is 7.94. The molecular formula is C14H20O5S. The Hall–Kier alpha value is -1.56. The Labute approximate surface area is 121 Å². The number of carbonyl (C=O) groups is 1. The third-order valence-corrected chi connectivity index (χ3v) is 4.10. The van der Waals surface area contributed by atoms with Gasteiger partial charge in [0.05, 0.1) is 13.7 Å². The molecule has 0 radical (unpaired) electrons. The van der Waals surface area contributed by atoms with Gasteiger partial charge in [-0.15, -0.1) is 0 Å². The molecule has 0 saturated heterocycles. The highest BCUT2D eigenvalue weighted by Crippen LogP contribution is 2.17. The van der Waals surface area contributed by atoms with Crippen molar-refractivity contribution >= 4 is 16.8 Å². The molecule has 0 heterocycles. The van der Waals surface area contributed by atoms with E-state index in [2.05, 4.69) is 0 Å². The van der Waals surface area contributed by atoms with Crippen LogP contribution in [0.25, 0.3) is 0 Å². The zero-order valence-corrected chi connectivity index (χ0v) is 12.4. The summed E-state index contributed by atoms with van der Waals surface area (Å²) in [5.74, 6) is 1.66. The Balaban J connectivity index is 2.11. The molecule has 0 amide bonds. The first-order valence-electron chi connectivity index (χ1n) is 6.45. The van der Waals surface area contributed by atoms with Gasteiger partial charge in [0.15, 0.2) is 0 Å². The van der Waals surface area contributed by atoms with E-state index in [0.717, 1.165) is 11.5 Å². The van der Waals surface area contributed by atoms with Gasteiger partial charge in [-0.05, 0) is 37.1 Å². The molecule has 0 aromatic heterocycles. The van der Waals surface area contributed by atoms with Crippen molar-refractivity contribution in [2.45, 2.75) is 19.3 Å². The number of aliphatic carboxylic acids is 1. The van der Waals surface area contributed by atoms with Crippen LogP contribution in [0.4, 0.5) is 0 Å². The van der Waals surface area contributed by atoms with Gasteiger partial charge in [0.1, 0.15) is 11.5 Å². The van der Waals surface area contributed by atoms with Crippen LogP contribution in [0.3, 0.4) is 0 Å². The van der Waals surface area contributed by atoms with Gasteiger partial charge in [-0.1, -0.05) is 0 Å². The molecule has 6 heteroatoms. The molecule has 0 spiro atoms. The van der Waals surface area contributed by atoms with Crippen molar-refractivity contribution in [3.63, 3.8) is 0 Å². The number of carboxylic acid groups (broad SMARTS) is 1. The van der Waals surface area contributed by atoms with Crippen LogP contribution in [0.5, 0.6) is 11.5 Å². The predicted molar refractivity (Wildman–Crippen MR) is 77.9 cm³/mol. The fourth-order valence-corrected chi connectivity index (χ4v) is 2.68. The quantitative estimate of drug-likeness (QED) is 0.670. The van der Waals surface area contributed by atoms with E-state index >= 15 is 0 Å². The molecule has 0 aliphatic rings. The van der Waals surface area contributed by atoms with E-state index in [1.807, 2.05) is 24.3 Å². The zero-order chi connectivity index (χ0) is 14.8. The van der Waals surface area contributed by atoms with E-state index in [0.29, 0.717) is 31.0 Å². The van der Waals surface area contributed by atoms with E-state index in [4.69, 9.17) is 14.6 Å². The molecule has 0 saturated carbocycles. The molecule has 1 aromatic carbocycles. The molecule has 1 unspecified atom stereocenters. The lowest BCUT2D eigenvalue weighted by molar-refractivity contribution is -0.137. The number of methoxy groups -OCH3 is 1. The normalized spacial score (nSPS) is 11.8. The Morgan fingerprint density at radius 3 is 2.35 bits per heavy atom. The van der Waals surface area contributed by atoms with Crippen LogP contribution < -0.4 is 9.47 Å². The SMILES string of the molecule is COc1ccc(OCCCS(=O)CCCC(=O)O)cc1. The molecule has 5 nitrogen and oxygen atoms in total. The third-order valence-electron chi connectivity index (χ3n) is 2.61. The Kier molecular flexibility index (Phi) is 7.72. The van der Waals surface area contributed by atoms with Crippen molar-refractivity contribution in [2.75, 3.05) is 25.2 Å². The monoisotopic (exact) mass is 300 g/mol. The first-order chi connectivity index (χ1) is 9.61. The van der Waals surface area contributed by atoms with Gasteiger partial charge < -0.3 is 14.6 Å². The maximum atomic E-state index is 11.6. The lowest BCUT2D eigenvalue weighted by atomic mass is 10.3. The van der Waals surface area contributed by atoms with Crippen molar-refractivity contribution in [3.05, 3.63) is 24.3 Å². The largest absolute Gasteiger partial charge is 0.497 e. The van der Waals surface area contributed by atoms with E-state index in [1.54, 1.807) is 7.11 Å². The van der Waals surface area contributed by atoms with Crippen LogP contribution >= 0.6 is 0 Å². The highest BCUT2D eigenvalue weighted by Gasteiger charge is 2.03. The Morgan fingerprint density at radius 1 is 1.15 bits per heavy atom. The van der Waals surface area contributed by atoms with E-state index in [1.165, 1.54) is 0 Å². The molecule has 0 aliphatic heterocycles. The fourth-order valence-electron chi connectivity index (χ4n) is 1.57. The van der Waals surface area contributed by atoms with Crippen LogP contribution in [0.1, 0.15) is 19.3 Å². The van der Waals surface area contributed by atoms with Crippen molar-refractivity contribution in [1.82, 2.24) is 0 Å². The van der Waals surface area contributed by atoms with Crippen molar-refractivity contribution in [2.24, 2.45) is 0 Å². The van der Waals surface area contributed by atoms with Gasteiger partial charge in [0.2, 0.25) is 0 Å². The third kappa shape index (κ3) is 7.13. The predicted octanol–water partition coefficient (Wildman–Crippen LogP) is 2.08. The van der Waals surface area contributed by atoms with Gasteiger partial charge in [0.25, 0.3) is 0 Å². The van der Waals surface area contributed by atoms with Crippen LogP contribution in [0, 0.1) is 0 Å². The fraction of sp³-hybridized carbons (Fsp3) is 0.500. The minimum atomic E-state index is -0.963. The molecule has 1 rings (SSSR count). The van der Waals surface area contributed by atoms with Crippen LogP contribution in [-0.2, 0) is 15.6 Å². The first kappa shape index (κ1) is 16.5. The highest BCUT2D eigenvalue weighted by atomic mass is 32.2. The van der Waals surface area contributed by atoms with Crippen LogP contribution in [0.15, 0.2) is 24.3 Å². The molecule has 1 aromatic rings. The molecule has 0 fully saturated rings. The van der Waals surface area contributed by atoms with Crippen molar-refractivity contribution in [1.29, 1.82) is 0 Å². The smallest absolute Gasteiger partial charge is 0.303 e. The maximum absolute atomic E-state index is 11.6. The van der Waals surface area contributed by atoms with Crippen LogP contribution in [0.2, 0.25) is 0 Å². The minimum absolute atomic E-state index is 0.0775. The standard InChI is InChI=1S/C14H20O5S/c1-18-12-5-7-13(8-6-12)19-9-3-11-20(17)10-2-4-14(15)16/h5-8H,2-4,9-11H2,1H3,(H,15,16). The Bertz CT molecular complexity index is 430. The molecule has 0 bridgehead atoms. The van der Waals surface area contributed by atoms with E-state index < -0.39 is 16.8 Å². The average Bonchev–Trinajstić information content (AvgIpc) is 2.44. The summed E-state index contributed by atoms with van der Waals surface area (Å²) < 4.78 is 22.1. The summed E-state index contributed by atoms with van der Waals surface area (Å²) in [5, 5.41) is 8.48. The summed E-state index contributed by atoms with van der Waals surface area (Å²) >= 11 is 0. The second-order valence-electron chi connectivity index (χ2n) is 4.22. The minimum Gasteiger partial charge on any atom is -0.497 e. The van der Waals surface area contributed by atoms with Crippen molar-refractivity contribution in [3.8, 4) is 11.5 Å². The number of hydrogen-bond acceptors (Lipinski definition) is 4. The van der Waals surface area contributed by atoms with Gasteiger partial charge >= 0.3 is 5.97 Å². The van der Waals surface area contributed by atoms with E-state index in [9.17, 15) is 9.00 Å². The van der Waals surface area contributed by atoms with Crippen molar-refractivity contribution < 1.29 is 23.6 Å². The van der Waals surface area contributed by atoms with Gasteiger partial charge in [-0.2, -0.15) is 0 Å². The molecule has 112 valence electrons. The molecule has 1 N–H and O–H groups in total. The van der Waals surface area contributed by atoms with E-state index in [-0.39, 0.29) is 6.42 Å². The summed E-state index contributed by atoms with van der Waals surface area (Å²) in [6.07, 6.45) is 1.22. The van der Waals surface area contributed by atoms with Gasteiger partial charge in [0, 0.05) is 28.7 Å². The summed E-state index contributed by atoms with van der Waals surface area (Å²) in [5.41, 5.74) is 0. The lowest BCUT2D eigenvalue weighted by Gasteiger charge is -2.07. The second kappa shape index (κ2) is 9.36. The maximum Gasteiger partial charge on any atom is 0.303 e. The highest BCUT2D eigenvalue weighted by molar-refractivity contribution is 7.84. The number of rotatable bonds is 10. The molecule has 20 heavy (non-hydrogen) atoms. The topological polar surface area (TPSA) is 72.8 Å². The summed E-state index contributed by atoms with van der Waals surface area (Å²) in [6, 6.07) is 7.28. The van der Waals surface area contributed by atoms with Crippen LogP contribution in [-0.4, -0.2) is 40.5 Å². The summed E-state index contributed by atoms with van der Waals surface area (Å²) in [7, 11) is 0.644. The average molecular weight is 300 g/mol. The summed E-state index contributed by atoms with van der Waals surface area (Å²) in [4.78, 5) is 10.3. The second-order valence-corrected chi connectivity index (χ2v) is 5.92. The molecular weight excluding hydrogens is 280 g/mol. The molecule has 1 atom stereocenters. The summed E-state index contributed by atoms with van der Waals surface area (Å²) in [6.45, 7) is 0.497. The number of ether oxygens (including phenoxy) is 2. The lowest BCUT2D eigenvalue weighted by Crippen LogP contribution is -2.08. The number of benzene rings is 1. The molecule has 0 aliphatic carbocycles. The van der Waals surface area contributed by atoms with Gasteiger partial charge in [-0.3, -0.25) is 9.00 Å². The Morgan fingerprint density at radius 2 is 1.75 bits per heavy atom.